The maximum atomic E-state index is 12.8. The summed E-state index contributed by atoms with van der Waals surface area (Å²) in [5, 5.41) is 0. The smallest absolute Gasteiger partial charge is 0.253 e. The Morgan fingerprint density at radius 2 is 1.79 bits per heavy atom. The molecule has 1 amide bonds. The van der Waals surface area contributed by atoms with Crippen molar-refractivity contribution >= 4 is 11.7 Å². The highest BCUT2D eigenvalue weighted by Crippen LogP contribution is 2.33. The van der Waals surface area contributed by atoms with Gasteiger partial charge in [-0.25, -0.2) is 15.0 Å². The Morgan fingerprint density at radius 1 is 1.00 bits per heavy atom. The Kier molecular flexibility index (Phi) is 5.99. The number of carbonyl (C=O) groups is 1. The monoisotopic (exact) mass is 375 g/mol. The van der Waals surface area contributed by atoms with Gasteiger partial charge in [-0.15, -0.1) is 0 Å². The second-order valence-electron chi connectivity index (χ2n) is 6.43. The van der Waals surface area contributed by atoms with Gasteiger partial charge in [0.1, 0.15) is 12.1 Å². The molecule has 28 heavy (non-hydrogen) atoms. The molecule has 0 saturated heterocycles. The molecule has 3 aromatic rings. The number of rotatable bonds is 6. The molecule has 2 N–H and O–H groups in total. The summed E-state index contributed by atoms with van der Waals surface area (Å²) in [7, 11) is 0. The summed E-state index contributed by atoms with van der Waals surface area (Å²) >= 11 is 0. The van der Waals surface area contributed by atoms with E-state index in [9.17, 15) is 4.79 Å². The molecule has 0 radical (unpaired) electrons. The predicted molar refractivity (Wildman–Crippen MR) is 112 cm³/mol. The number of nitrogens with two attached hydrogens (primary N) is 1. The fourth-order valence-corrected chi connectivity index (χ4v) is 3.26. The molecule has 6 heteroatoms. The van der Waals surface area contributed by atoms with E-state index in [1.165, 1.54) is 0 Å². The molecule has 3 rings (SSSR count). The first-order valence-corrected chi connectivity index (χ1v) is 9.54. The first-order valence-electron chi connectivity index (χ1n) is 9.54. The molecule has 0 aliphatic heterocycles. The fraction of sp³-hybridized carbons (Fsp3) is 0.273. The lowest BCUT2D eigenvalue weighted by Crippen LogP contribution is -2.30. The van der Waals surface area contributed by atoms with Gasteiger partial charge in [0.15, 0.2) is 0 Å². The summed E-state index contributed by atoms with van der Waals surface area (Å²) in [6.07, 6.45) is 4.07. The van der Waals surface area contributed by atoms with Gasteiger partial charge in [0.25, 0.3) is 5.91 Å². The predicted octanol–water partition coefficient (Wildman–Crippen LogP) is 3.83. The van der Waals surface area contributed by atoms with Gasteiger partial charge in [0, 0.05) is 41.5 Å². The summed E-state index contributed by atoms with van der Waals surface area (Å²) in [5.41, 5.74) is 10.8. The van der Waals surface area contributed by atoms with Gasteiger partial charge >= 0.3 is 0 Å². The standard InChI is InChI=1S/C22H25N5O/c1-4-18-20(17-10-11-19(23)24-13-17)21(26-14-25-18)15-8-7-9-16(12-15)22(28)27(5-2)6-3/h7-14H,4-6H2,1-3H3,(H2,23,24). The summed E-state index contributed by atoms with van der Waals surface area (Å²) in [4.78, 5) is 27.8. The van der Waals surface area contributed by atoms with Crippen LogP contribution in [0.4, 0.5) is 5.82 Å². The number of nitrogen functional groups attached to an aromatic ring is 1. The van der Waals surface area contributed by atoms with Crippen LogP contribution in [0.25, 0.3) is 22.4 Å². The third-order valence-corrected chi connectivity index (χ3v) is 4.77. The maximum absolute atomic E-state index is 12.8. The lowest BCUT2D eigenvalue weighted by Gasteiger charge is -2.19. The first kappa shape index (κ1) is 19.5. The average molecular weight is 375 g/mol. The number of hydrogen-bond acceptors (Lipinski definition) is 5. The zero-order valence-corrected chi connectivity index (χ0v) is 16.5. The molecule has 2 aromatic heterocycles. The topological polar surface area (TPSA) is 85.0 Å². The van der Waals surface area contributed by atoms with Crippen LogP contribution in [0.1, 0.15) is 36.8 Å². The molecule has 1 aromatic carbocycles. The van der Waals surface area contributed by atoms with E-state index in [1.54, 1.807) is 23.5 Å². The number of amides is 1. The Balaban J connectivity index is 2.13. The van der Waals surface area contributed by atoms with E-state index in [2.05, 4.69) is 21.9 Å². The van der Waals surface area contributed by atoms with Gasteiger partial charge in [-0.2, -0.15) is 0 Å². The third kappa shape index (κ3) is 3.86. The van der Waals surface area contributed by atoms with Crippen molar-refractivity contribution in [1.82, 2.24) is 19.9 Å². The number of aryl methyl sites for hydroxylation is 1. The van der Waals surface area contributed by atoms with E-state index in [0.717, 1.165) is 34.5 Å². The van der Waals surface area contributed by atoms with Gasteiger partial charge in [-0.3, -0.25) is 4.79 Å². The Hall–Kier alpha value is -3.28. The molecule has 6 nitrogen and oxygen atoms in total. The number of hydrogen-bond donors (Lipinski definition) is 1. The van der Waals surface area contributed by atoms with Gasteiger partial charge in [0.05, 0.1) is 11.4 Å². The average Bonchev–Trinajstić information content (AvgIpc) is 2.74. The molecule has 0 aliphatic rings. The number of carbonyl (C=O) groups excluding carboxylic acids is 1. The molecular formula is C22H25N5O. The molecule has 0 unspecified atom stereocenters. The van der Waals surface area contributed by atoms with Crippen molar-refractivity contribution in [2.75, 3.05) is 18.8 Å². The van der Waals surface area contributed by atoms with E-state index in [4.69, 9.17) is 5.73 Å². The molecule has 144 valence electrons. The van der Waals surface area contributed by atoms with E-state index < -0.39 is 0 Å². The van der Waals surface area contributed by atoms with Crippen molar-refractivity contribution in [3.05, 3.63) is 60.2 Å². The van der Waals surface area contributed by atoms with Crippen molar-refractivity contribution in [3.8, 4) is 22.4 Å². The highest BCUT2D eigenvalue weighted by molar-refractivity contribution is 5.96. The van der Waals surface area contributed by atoms with Crippen LogP contribution >= 0.6 is 0 Å². The van der Waals surface area contributed by atoms with Crippen LogP contribution in [0.15, 0.2) is 48.9 Å². The highest BCUT2D eigenvalue weighted by atomic mass is 16.2. The van der Waals surface area contributed by atoms with Gasteiger partial charge < -0.3 is 10.6 Å². The number of pyridine rings is 1. The second-order valence-corrected chi connectivity index (χ2v) is 6.43. The molecule has 0 aliphatic carbocycles. The summed E-state index contributed by atoms with van der Waals surface area (Å²) in [6, 6.07) is 11.3. The van der Waals surface area contributed by atoms with Crippen molar-refractivity contribution in [1.29, 1.82) is 0 Å². The van der Waals surface area contributed by atoms with Crippen LogP contribution in [0, 0.1) is 0 Å². The number of anilines is 1. The lowest BCUT2D eigenvalue weighted by atomic mass is 9.96. The van der Waals surface area contributed by atoms with Crippen LogP contribution in [-0.2, 0) is 6.42 Å². The summed E-state index contributed by atoms with van der Waals surface area (Å²) in [5.74, 6) is 0.485. The Labute approximate surface area is 165 Å². The van der Waals surface area contributed by atoms with Crippen molar-refractivity contribution in [2.24, 2.45) is 0 Å². The van der Waals surface area contributed by atoms with Gasteiger partial charge in [0.2, 0.25) is 0 Å². The minimum Gasteiger partial charge on any atom is -0.384 e. The molecule has 0 saturated carbocycles. The fourth-order valence-electron chi connectivity index (χ4n) is 3.26. The number of aromatic nitrogens is 3. The minimum atomic E-state index is 0.0207. The third-order valence-electron chi connectivity index (χ3n) is 4.77. The number of benzene rings is 1. The van der Waals surface area contributed by atoms with E-state index >= 15 is 0 Å². The normalized spacial score (nSPS) is 10.7. The van der Waals surface area contributed by atoms with Crippen LogP contribution in [0.3, 0.4) is 0 Å². The molecule has 0 atom stereocenters. The summed E-state index contributed by atoms with van der Waals surface area (Å²) in [6.45, 7) is 7.37. The first-order chi connectivity index (χ1) is 13.6. The van der Waals surface area contributed by atoms with Crippen molar-refractivity contribution in [2.45, 2.75) is 27.2 Å². The Morgan fingerprint density at radius 3 is 2.43 bits per heavy atom. The maximum Gasteiger partial charge on any atom is 0.253 e. The highest BCUT2D eigenvalue weighted by Gasteiger charge is 2.17. The van der Waals surface area contributed by atoms with Crippen LogP contribution in [-0.4, -0.2) is 38.8 Å². The molecular weight excluding hydrogens is 350 g/mol. The minimum absolute atomic E-state index is 0.0207. The number of nitrogens with zero attached hydrogens (tertiary/aromatic N) is 4. The van der Waals surface area contributed by atoms with Crippen LogP contribution < -0.4 is 5.73 Å². The van der Waals surface area contributed by atoms with Crippen molar-refractivity contribution < 1.29 is 4.79 Å². The zero-order chi connectivity index (χ0) is 20.1. The molecule has 0 fully saturated rings. The summed E-state index contributed by atoms with van der Waals surface area (Å²) < 4.78 is 0. The van der Waals surface area contributed by atoms with Crippen molar-refractivity contribution in [3.63, 3.8) is 0 Å². The van der Waals surface area contributed by atoms with Crippen LogP contribution in [0.2, 0.25) is 0 Å². The lowest BCUT2D eigenvalue weighted by molar-refractivity contribution is 0.0773. The van der Waals surface area contributed by atoms with Crippen LogP contribution in [0.5, 0.6) is 0 Å². The second kappa shape index (κ2) is 8.61. The van der Waals surface area contributed by atoms with E-state index in [-0.39, 0.29) is 5.91 Å². The van der Waals surface area contributed by atoms with Gasteiger partial charge in [-0.05, 0) is 44.5 Å². The van der Waals surface area contributed by atoms with Gasteiger partial charge in [-0.1, -0.05) is 19.1 Å². The van der Waals surface area contributed by atoms with E-state index in [0.29, 0.717) is 24.5 Å². The van der Waals surface area contributed by atoms with E-state index in [1.807, 2.05) is 44.2 Å². The molecule has 0 spiro atoms. The molecule has 2 heterocycles. The largest absolute Gasteiger partial charge is 0.384 e. The quantitative estimate of drug-likeness (QED) is 0.708. The Bertz CT molecular complexity index is 965. The SMILES string of the molecule is CCc1ncnc(-c2cccc(C(=O)N(CC)CC)c2)c1-c1ccc(N)nc1. The zero-order valence-electron chi connectivity index (χ0n) is 16.5. The molecule has 0 bridgehead atoms.